The Balaban J connectivity index is 1.47. The number of pyridine rings is 1. The molecule has 33 heavy (non-hydrogen) atoms. The summed E-state index contributed by atoms with van der Waals surface area (Å²) in [5.74, 6) is -1.11. The molecule has 0 aliphatic carbocycles. The number of anilines is 2. The summed E-state index contributed by atoms with van der Waals surface area (Å²) in [5.41, 5.74) is 0.822. The second kappa shape index (κ2) is 7.95. The Morgan fingerprint density at radius 1 is 1.30 bits per heavy atom. The smallest absolute Gasteiger partial charge is 0.172 e. The molecule has 8 nitrogen and oxygen atoms in total. The van der Waals surface area contributed by atoms with Gasteiger partial charge in [-0.25, -0.2) is 13.8 Å². The van der Waals surface area contributed by atoms with Crippen molar-refractivity contribution in [1.29, 1.82) is 0 Å². The Labute approximate surface area is 188 Å². The molecule has 1 saturated heterocycles. The highest BCUT2D eigenvalue weighted by molar-refractivity contribution is 5.77. The Morgan fingerprint density at radius 2 is 2.15 bits per heavy atom. The summed E-state index contributed by atoms with van der Waals surface area (Å²) in [5, 5.41) is 21.9. The van der Waals surface area contributed by atoms with Crippen molar-refractivity contribution in [1.82, 2.24) is 15.2 Å². The van der Waals surface area contributed by atoms with E-state index in [9.17, 15) is 18.7 Å². The van der Waals surface area contributed by atoms with E-state index in [1.165, 1.54) is 18.3 Å². The number of para-hydroxylation sites is 1. The third-order valence-corrected chi connectivity index (χ3v) is 6.40. The molecular weight excluding hydrogens is 432 g/mol. The number of hydrogen-bond acceptors (Lipinski definition) is 8. The largest absolute Gasteiger partial charge is 0.504 e. The van der Waals surface area contributed by atoms with E-state index in [1.54, 1.807) is 12.1 Å². The zero-order chi connectivity index (χ0) is 23.2. The van der Waals surface area contributed by atoms with Crippen LogP contribution in [0, 0.1) is 11.6 Å². The minimum absolute atomic E-state index is 0.251. The summed E-state index contributed by atoms with van der Waals surface area (Å²) >= 11 is 0. The molecule has 1 aromatic carbocycles. The molecule has 0 radical (unpaired) electrons. The number of rotatable bonds is 5. The number of nitrogens with zero attached hydrogens (tertiary/aromatic N) is 4. The maximum absolute atomic E-state index is 14.0. The number of benzene rings is 1. The van der Waals surface area contributed by atoms with Crippen LogP contribution in [0.5, 0.6) is 11.5 Å². The molecule has 1 fully saturated rings. The molecule has 2 aliphatic rings. The van der Waals surface area contributed by atoms with Crippen LogP contribution in [0.3, 0.4) is 0 Å². The third-order valence-electron chi connectivity index (χ3n) is 6.40. The van der Waals surface area contributed by atoms with Gasteiger partial charge < -0.3 is 20.1 Å². The first-order valence-corrected chi connectivity index (χ1v) is 10.6. The molecule has 0 saturated carbocycles. The molecule has 3 aromatic rings. The van der Waals surface area contributed by atoms with Gasteiger partial charge in [0, 0.05) is 24.6 Å². The normalized spacial score (nSPS) is 21.2. The average molecular weight is 453 g/mol. The predicted octanol–water partition coefficient (Wildman–Crippen LogP) is 3.57. The highest BCUT2D eigenvalue weighted by Crippen LogP contribution is 2.45. The molecule has 10 heteroatoms. The lowest BCUT2D eigenvalue weighted by Crippen LogP contribution is -2.52. The SMILES string of the molecule is CC[C@@]12CNc3nnc(-c4cccc(F)c4O)cc3N1C[C@H](Oc1cnc(C=O)c(F)c1)C2. The van der Waals surface area contributed by atoms with Gasteiger partial charge in [0.05, 0.1) is 29.7 Å². The molecule has 0 amide bonds. The van der Waals surface area contributed by atoms with Crippen molar-refractivity contribution in [3.8, 4) is 22.8 Å². The van der Waals surface area contributed by atoms with Crippen LogP contribution in [0.25, 0.3) is 11.3 Å². The second-order valence-corrected chi connectivity index (χ2v) is 8.24. The van der Waals surface area contributed by atoms with Gasteiger partial charge in [-0.1, -0.05) is 13.0 Å². The van der Waals surface area contributed by atoms with E-state index >= 15 is 0 Å². The number of phenols is 1. The monoisotopic (exact) mass is 453 g/mol. The Bertz CT molecular complexity index is 1240. The van der Waals surface area contributed by atoms with Crippen molar-refractivity contribution in [2.75, 3.05) is 23.3 Å². The van der Waals surface area contributed by atoms with Crippen molar-refractivity contribution in [3.63, 3.8) is 0 Å². The summed E-state index contributed by atoms with van der Waals surface area (Å²) in [7, 11) is 0. The zero-order valence-electron chi connectivity index (χ0n) is 17.8. The summed E-state index contributed by atoms with van der Waals surface area (Å²) < 4.78 is 33.9. The number of carbonyl (C=O) groups is 1. The summed E-state index contributed by atoms with van der Waals surface area (Å²) in [6.07, 6.45) is 2.90. The number of nitrogens with one attached hydrogen (secondary N) is 1. The summed E-state index contributed by atoms with van der Waals surface area (Å²) in [6.45, 7) is 3.20. The topological polar surface area (TPSA) is 100 Å². The first kappa shape index (κ1) is 21.0. The molecule has 0 spiro atoms. The van der Waals surface area contributed by atoms with E-state index in [0.29, 0.717) is 37.3 Å². The molecule has 0 unspecified atom stereocenters. The molecule has 2 aliphatic heterocycles. The van der Waals surface area contributed by atoms with Gasteiger partial charge in [0.2, 0.25) is 0 Å². The maximum Gasteiger partial charge on any atom is 0.172 e. The van der Waals surface area contributed by atoms with E-state index in [0.717, 1.165) is 18.2 Å². The molecule has 4 heterocycles. The number of phenolic OH excluding ortho intramolecular Hbond substituents is 1. The average Bonchev–Trinajstić information content (AvgIpc) is 3.20. The van der Waals surface area contributed by atoms with E-state index in [2.05, 4.69) is 32.3 Å². The number of fused-ring (bicyclic) bond motifs is 3. The minimum Gasteiger partial charge on any atom is -0.504 e. The third kappa shape index (κ3) is 3.51. The number of aromatic nitrogens is 3. The zero-order valence-corrected chi connectivity index (χ0v) is 17.8. The Morgan fingerprint density at radius 3 is 2.91 bits per heavy atom. The standard InChI is InChI=1S/C23H21F2N5O3/c1-2-23-8-14(33-13-6-17(25)19(11-31)26-9-13)10-30(23)20-7-18(28-29-22(20)27-12-23)15-4-3-5-16(24)21(15)32/h3-7,9,11,14,32H,2,8,10,12H2,1H3,(H,27,29)/t14-,23-/m1/s1. The van der Waals surface area contributed by atoms with E-state index < -0.39 is 17.4 Å². The fraction of sp³-hybridized carbons (Fsp3) is 0.304. The van der Waals surface area contributed by atoms with Gasteiger partial charge in [-0.3, -0.25) is 4.79 Å². The van der Waals surface area contributed by atoms with Crippen molar-refractivity contribution >= 4 is 17.8 Å². The van der Waals surface area contributed by atoms with E-state index in [4.69, 9.17) is 4.74 Å². The summed E-state index contributed by atoms with van der Waals surface area (Å²) in [6, 6.07) is 7.20. The van der Waals surface area contributed by atoms with Crippen LogP contribution in [-0.2, 0) is 0 Å². The molecule has 2 aromatic heterocycles. The highest BCUT2D eigenvalue weighted by atomic mass is 19.1. The molecule has 5 rings (SSSR count). The van der Waals surface area contributed by atoms with Gasteiger partial charge in [-0.2, -0.15) is 0 Å². The van der Waals surface area contributed by atoms with Gasteiger partial charge in [0.25, 0.3) is 0 Å². The van der Waals surface area contributed by atoms with Gasteiger partial charge >= 0.3 is 0 Å². The highest BCUT2D eigenvalue weighted by Gasteiger charge is 2.48. The number of aldehydes is 1. The fourth-order valence-electron chi connectivity index (χ4n) is 4.65. The molecule has 0 bridgehead atoms. The van der Waals surface area contributed by atoms with Crippen LogP contribution in [0.2, 0.25) is 0 Å². The van der Waals surface area contributed by atoms with Crippen molar-refractivity contribution in [2.24, 2.45) is 0 Å². The van der Waals surface area contributed by atoms with Crippen LogP contribution in [0.15, 0.2) is 36.5 Å². The van der Waals surface area contributed by atoms with Crippen molar-refractivity contribution < 1.29 is 23.4 Å². The van der Waals surface area contributed by atoms with Crippen molar-refractivity contribution in [3.05, 3.63) is 53.9 Å². The first-order chi connectivity index (χ1) is 15.9. The first-order valence-electron chi connectivity index (χ1n) is 10.6. The lowest BCUT2D eigenvalue weighted by atomic mass is 9.90. The van der Waals surface area contributed by atoms with Gasteiger partial charge in [-0.05, 0) is 24.6 Å². The fourth-order valence-corrected chi connectivity index (χ4v) is 4.65. The molecular formula is C23H21F2N5O3. The molecule has 2 atom stereocenters. The number of hydrogen-bond donors (Lipinski definition) is 2. The Kier molecular flexibility index (Phi) is 5.07. The van der Waals surface area contributed by atoms with Crippen LogP contribution in [0.4, 0.5) is 20.3 Å². The maximum atomic E-state index is 14.0. The minimum atomic E-state index is -0.732. The lowest BCUT2D eigenvalue weighted by molar-refractivity contribution is 0.111. The second-order valence-electron chi connectivity index (χ2n) is 8.24. The van der Waals surface area contributed by atoms with Crippen LogP contribution >= 0.6 is 0 Å². The lowest BCUT2D eigenvalue weighted by Gasteiger charge is -2.43. The van der Waals surface area contributed by atoms with E-state index in [-0.39, 0.29) is 28.6 Å². The number of ether oxygens (including phenoxy) is 1. The van der Waals surface area contributed by atoms with Crippen LogP contribution < -0.4 is 15.0 Å². The quantitative estimate of drug-likeness (QED) is 0.566. The van der Waals surface area contributed by atoms with Crippen LogP contribution in [0.1, 0.15) is 30.3 Å². The van der Waals surface area contributed by atoms with Gasteiger partial charge in [-0.15, -0.1) is 10.2 Å². The van der Waals surface area contributed by atoms with E-state index in [1.807, 2.05) is 0 Å². The predicted molar refractivity (Wildman–Crippen MR) is 117 cm³/mol. The number of aromatic hydroxyl groups is 1. The molecule has 170 valence electrons. The van der Waals surface area contributed by atoms with Gasteiger partial charge in [0.1, 0.15) is 17.5 Å². The molecule has 2 N–H and O–H groups in total. The Hall–Kier alpha value is -3.82. The van der Waals surface area contributed by atoms with Crippen molar-refractivity contribution in [2.45, 2.75) is 31.4 Å². The van der Waals surface area contributed by atoms with Gasteiger partial charge in [0.15, 0.2) is 29.5 Å². The number of halogens is 2. The number of carbonyl (C=O) groups excluding carboxylic acids is 1. The van der Waals surface area contributed by atoms with Crippen LogP contribution in [-0.4, -0.2) is 51.3 Å². The summed E-state index contributed by atoms with van der Waals surface area (Å²) in [4.78, 5) is 16.8.